The van der Waals surface area contributed by atoms with Crippen LogP contribution in [0.2, 0.25) is 0 Å². The zero-order chi connectivity index (χ0) is 40.0. The number of aliphatic hydroxyl groups excluding tert-OH is 1. The number of oxazole rings is 1. The number of ether oxygens (including phenoxy) is 2. The smallest absolute Gasteiger partial charge is 0.271 e. The molecule has 1 fully saturated rings. The van der Waals surface area contributed by atoms with E-state index in [0.29, 0.717) is 29.5 Å². The molecule has 0 saturated carbocycles. The van der Waals surface area contributed by atoms with Crippen molar-refractivity contribution < 1.29 is 23.8 Å². The lowest BCUT2D eigenvalue weighted by Gasteiger charge is -2.36. The van der Waals surface area contributed by atoms with Crippen LogP contribution in [0.3, 0.4) is 0 Å². The Morgan fingerprint density at radius 3 is 2.14 bits per heavy atom. The van der Waals surface area contributed by atoms with Crippen molar-refractivity contribution in [2.24, 2.45) is 0 Å². The minimum Gasteiger partial charge on any atom is -0.431 e. The summed E-state index contributed by atoms with van der Waals surface area (Å²) in [5, 5.41) is 13.3. The van der Waals surface area contributed by atoms with Gasteiger partial charge in [-0.25, -0.2) is 9.97 Å². The third-order valence-corrected chi connectivity index (χ3v) is 11.3. The van der Waals surface area contributed by atoms with Gasteiger partial charge in [0.05, 0.1) is 36.0 Å². The minimum absolute atomic E-state index is 0.0239. The Hall–Kier alpha value is -6.43. The van der Waals surface area contributed by atoms with Gasteiger partial charge in [0.2, 0.25) is 0 Å². The molecule has 1 saturated heterocycles. The molecule has 0 bridgehead atoms. The first-order valence-corrected chi connectivity index (χ1v) is 20.5. The van der Waals surface area contributed by atoms with E-state index in [9.17, 15) is 9.90 Å². The quantitative estimate of drug-likeness (QED) is 0.116. The van der Waals surface area contributed by atoms with Gasteiger partial charge in [0.15, 0.2) is 12.1 Å². The molecule has 0 aliphatic carbocycles. The number of hydrogen-bond acceptors (Lipinski definition) is 9. The fraction of sp³-hybridized carbons (Fsp3) is 0.143. The molecule has 1 aliphatic heterocycles. The van der Waals surface area contributed by atoms with Crippen molar-refractivity contribution in [1.29, 1.82) is 0 Å². The molecular weight excluding hydrogens is 757 g/mol. The van der Waals surface area contributed by atoms with Gasteiger partial charge in [-0.3, -0.25) is 9.78 Å². The van der Waals surface area contributed by atoms with Gasteiger partial charge in [-0.15, -0.1) is 0 Å². The molecule has 3 heterocycles. The van der Waals surface area contributed by atoms with E-state index >= 15 is 0 Å². The van der Waals surface area contributed by atoms with Crippen molar-refractivity contribution in [3.8, 4) is 33.7 Å². The number of aromatic nitrogens is 3. The SMILES string of the molecule is O=C(NCc1ccccc1-c1ccc(C2OC(CSc3nc(-c4ccccc4)c(-c4ccccc4)o3)CC(c3ccc(CO)cc3)O2)cc1)c1cnc2ccccc2n1. The van der Waals surface area contributed by atoms with Crippen LogP contribution in [0.5, 0.6) is 0 Å². The number of para-hydroxylation sites is 2. The number of rotatable bonds is 12. The number of thioether (sulfide) groups is 1. The summed E-state index contributed by atoms with van der Waals surface area (Å²) in [6.07, 6.45) is 1.07. The number of nitrogens with zero attached hydrogens (tertiary/aromatic N) is 3. The van der Waals surface area contributed by atoms with Crippen LogP contribution in [0.15, 0.2) is 174 Å². The van der Waals surface area contributed by atoms with Crippen LogP contribution < -0.4 is 5.32 Å². The summed E-state index contributed by atoms with van der Waals surface area (Å²) < 4.78 is 19.8. The van der Waals surface area contributed by atoms with Crippen molar-refractivity contribution in [1.82, 2.24) is 20.3 Å². The van der Waals surface area contributed by atoms with Crippen molar-refractivity contribution in [3.63, 3.8) is 0 Å². The standard InChI is InChI=1S/C49H40N4O5S/c54-30-32-19-21-34(22-20-32)44-27-39(31-59-49-53-45(35-11-3-1-4-12-35)46(58-49)36-13-5-2-6-14-36)56-48(57-44)37-25-23-33(24-26-37)40-16-8-7-15-38(40)28-51-47(55)43-29-50-41-17-9-10-18-42(41)52-43/h1-26,29,39,44,48,54H,27-28,30-31H2,(H,51,55). The summed E-state index contributed by atoms with van der Waals surface area (Å²) in [5.41, 5.74) is 10.1. The van der Waals surface area contributed by atoms with Crippen LogP contribution in [0.25, 0.3) is 44.7 Å². The zero-order valence-electron chi connectivity index (χ0n) is 32.0. The van der Waals surface area contributed by atoms with Crippen LogP contribution >= 0.6 is 11.8 Å². The van der Waals surface area contributed by atoms with Crippen molar-refractivity contribution in [3.05, 3.63) is 192 Å². The van der Waals surface area contributed by atoms with Crippen LogP contribution in [-0.2, 0) is 22.6 Å². The molecule has 3 unspecified atom stereocenters. The summed E-state index contributed by atoms with van der Waals surface area (Å²) in [6, 6.07) is 51.7. The predicted molar refractivity (Wildman–Crippen MR) is 229 cm³/mol. The predicted octanol–water partition coefficient (Wildman–Crippen LogP) is 10.4. The third-order valence-electron chi connectivity index (χ3n) is 10.3. The van der Waals surface area contributed by atoms with Gasteiger partial charge in [0.25, 0.3) is 11.1 Å². The first kappa shape index (κ1) is 38.1. The molecule has 9 nitrogen and oxygen atoms in total. The second-order valence-corrected chi connectivity index (χ2v) is 15.2. The van der Waals surface area contributed by atoms with E-state index < -0.39 is 6.29 Å². The van der Waals surface area contributed by atoms with Crippen molar-refractivity contribution in [2.45, 2.75) is 43.3 Å². The molecule has 6 aromatic carbocycles. The maximum absolute atomic E-state index is 13.1. The molecule has 2 aromatic heterocycles. The molecule has 8 aromatic rings. The van der Waals surface area contributed by atoms with Gasteiger partial charge in [-0.2, -0.15) is 0 Å². The molecule has 10 heteroatoms. The van der Waals surface area contributed by atoms with Crippen molar-refractivity contribution >= 4 is 28.7 Å². The third kappa shape index (κ3) is 8.72. The molecule has 0 spiro atoms. The van der Waals surface area contributed by atoms with Crippen molar-refractivity contribution in [2.75, 3.05) is 5.75 Å². The molecule has 3 atom stereocenters. The Labute approximate surface area is 346 Å². The number of nitrogens with one attached hydrogen (secondary N) is 1. The van der Waals surface area contributed by atoms with E-state index in [4.69, 9.17) is 18.9 Å². The van der Waals surface area contributed by atoms with Gasteiger partial charge in [0, 0.05) is 35.4 Å². The lowest BCUT2D eigenvalue weighted by Crippen LogP contribution is -2.31. The first-order chi connectivity index (χ1) is 29.1. The number of amides is 1. The fourth-order valence-electron chi connectivity index (χ4n) is 7.23. The first-order valence-electron chi connectivity index (χ1n) is 19.5. The normalized spacial score (nSPS) is 16.5. The summed E-state index contributed by atoms with van der Waals surface area (Å²) in [6.45, 7) is 0.296. The molecule has 1 aliphatic rings. The van der Waals surface area contributed by atoms with Gasteiger partial charge >= 0.3 is 0 Å². The van der Waals surface area contributed by atoms with Gasteiger partial charge in [-0.1, -0.05) is 157 Å². The van der Waals surface area contributed by atoms with E-state index in [1.807, 2.05) is 146 Å². The number of benzene rings is 6. The number of hydrogen-bond donors (Lipinski definition) is 2. The van der Waals surface area contributed by atoms with Crippen LogP contribution in [-0.4, -0.2) is 37.8 Å². The molecule has 0 radical (unpaired) electrons. The van der Waals surface area contributed by atoms with E-state index in [-0.39, 0.29) is 30.4 Å². The number of carbonyl (C=O) groups excluding carboxylic acids is 1. The highest BCUT2D eigenvalue weighted by molar-refractivity contribution is 7.99. The summed E-state index contributed by atoms with van der Waals surface area (Å²) in [5.74, 6) is 1.04. The van der Waals surface area contributed by atoms with E-state index in [1.165, 1.54) is 18.0 Å². The lowest BCUT2D eigenvalue weighted by atomic mass is 9.97. The second kappa shape index (κ2) is 17.6. The van der Waals surface area contributed by atoms with E-state index in [0.717, 1.165) is 61.5 Å². The zero-order valence-corrected chi connectivity index (χ0v) is 32.8. The van der Waals surface area contributed by atoms with Gasteiger partial charge in [-0.05, 0) is 39.9 Å². The molecule has 1 amide bonds. The lowest BCUT2D eigenvalue weighted by molar-refractivity contribution is -0.245. The average molecular weight is 797 g/mol. The van der Waals surface area contributed by atoms with Crippen LogP contribution in [0.1, 0.15) is 51.6 Å². The molecule has 292 valence electrons. The average Bonchev–Trinajstić information content (AvgIpc) is 3.75. The van der Waals surface area contributed by atoms with Crippen LogP contribution in [0.4, 0.5) is 0 Å². The Kier molecular flexibility index (Phi) is 11.4. The summed E-state index contributed by atoms with van der Waals surface area (Å²) in [7, 11) is 0. The Bertz CT molecular complexity index is 2620. The molecule has 59 heavy (non-hydrogen) atoms. The highest BCUT2D eigenvalue weighted by Gasteiger charge is 2.33. The number of aliphatic hydroxyl groups is 1. The topological polar surface area (TPSA) is 120 Å². The summed E-state index contributed by atoms with van der Waals surface area (Å²) in [4.78, 5) is 27.0. The second-order valence-electron chi connectivity index (χ2n) is 14.3. The van der Waals surface area contributed by atoms with E-state index in [1.54, 1.807) is 0 Å². The maximum Gasteiger partial charge on any atom is 0.271 e. The van der Waals surface area contributed by atoms with Crippen LogP contribution in [0, 0.1) is 0 Å². The largest absolute Gasteiger partial charge is 0.431 e. The minimum atomic E-state index is -0.632. The highest BCUT2D eigenvalue weighted by Crippen LogP contribution is 2.41. The van der Waals surface area contributed by atoms with Gasteiger partial charge in [0.1, 0.15) is 11.4 Å². The Morgan fingerprint density at radius 1 is 0.695 bits per heavy atom. The monoisotopic (exact) mass is 796 g/mol. The van der Waals surface area contributed by atoms with E-state index in [2.05, 4.69) is 27.4 Å². The Balaban J connectivity index is 0.930. The van der Waals surface area contributed by atoms with Gasteiger partial charge < -0.3 is 24.3 Å². The maximum atomic E-state index is 13.1. The number of fused-ring (bicyclic) bond motifs is 1. The number of carbonyl (C=O) groups is 1. The molecule has 2 N–H and O–H groups in total. The molecule has 9 rings (SSSR count). The molecular formula is C49H40N4O5S. The summed E-state index contributed by atoms with van der Waals surface area (Å²) >= 11 is 1.53. The fourth-order valence-corrected chi connectivity index (χ4v) is 8.08. The highest BCUT2D eigenvalue weighted by atomic mass is 32.2. The Morgan fingerprint density at radius 2 is 1.37 bits per heavy atom.